The van der Waals surface area contributed by atoms with Crippen LogP contribution in [0.15, 0.2) is 59.8 Å². The number of hydrogen-bond acceptors (Lipinski definition) is 5. The molecule has 0 fully saturated rings. The fourth-order valence-electron chi connectivity index (χ4n) is 2.27. The molecule has 7 nitrogen and oxygen atoms in total. The van der Waals surface area contributed by atoms with Crippen LogP contribution in [0.5, 0.6) is 0 Å². The van der Waals surface area contributed by atoms with E-state index in [4.69, 9.17) is 11.2 Å². The van der Waals surface area contributed by atoms with E-state index in [0.29, 0.717) is 5.69 Å². The highest BCUT2D eigenvalue weighted by molar-refractivity contribution is 7.89. The predicted octanol–water partition coefficient (Wildman–Crippen LogP) is 1.60. The molecule has 3 rings (SSSR count). The third kappa shape index (κ3) is 3.91. The van der Waals surface area contributed by atoms with Gasteiger partial charge in [0.2, 0.25) is 10.0 Å². The van der Waals surface area contributed by atoms with E-state index in [9.17, 15) is 13.2 Å². The van der Waals surface area contributed by atoms with Crippen LogP contribution in [0.3, 0.4) is 0 Å². The molecule has 0 aliphatic carbocycles. The molecule has 0 atom stereocenters. The van der Waals surface area contributed by atoms with E-state index in [-0.39, 0.29) is 23.6 Å². The molecule has 26 heavy (non-hydrogen) atoms. The number of carbonyl (C=O) groups excluding carboxylic acids is 1. The number of carbonyl (C=O) groups is 1. The van der Waals surface area contributed by atoms with Crippen molar-refractivity contribution < 1.29 is 17.9 Å². The van der Waals surface area contributed by atoms with Gasteiger partial charge in [-0.05, 0) is 36.4 Å². The summed E-state index contributed by atoms with van der Waals surface area (Å²) in [5.41, 5.74) is 1.61. The standard InChI is InChI=1S/C18H15N3O4S/c1-2-10-19-26(23,24)16-8-6-14(7-9-16)18(22)25-13-15-12-21-11-4-3-5-17(21)20-15/h1,3-9,11-12,19H,10,13H2. The molecule has 8 heteroatoms. The maximum absolute atomic E-state index is 12.1. The van der Waals surface area contributed by atoms with Crippen LogP contribution in [0.2, 0.25) is 0 Å². The van der Waals surface area contributed by atoms with Crippen LogP contribution in [0.1, 0.15) is 16.1 Å². The van der Waals surface area contributed by atoms with Gasteiger partial charge in [0.1, 0.15) is 12.3 Å². The van der Waals surface area contributed by atoms with Crippen molar-refractivity contribution in [1.82, 2.24) is 14.1 Å². The Morgan fingerprint density at radius 2 is 2.00 bits per heavy atom. The minimum atomic E-state index is -3.69. The Labute approximate surface area is 150 Å². The molecule has 0 aliphatic heterocycles. The second-order valence-electron chi connectivity index (χ2n) is 5.33. The summed E-state index contributed by atoms with van der Waals surface area (Å²) in [5, 5.41) is 0. The molecule has 0 saturated heterocycles. The molecule has 2 aromatic heterocycles. The van der Waals surface area contributed by atoms with Crippen molar-refractivity contribution in [2.75, 3.05) is 6.54 Å². The van der Waals surface area contributed by atoms with Crippen molar-refractivity contribution in [3.05, 3.63) is 66.1 Å². The molecule has 0 unspecified atom stereocenters. The Bertz CT molecular complexity index is 1050. The van der Waals surface area contributed by atoms with Gasteiger partial charge in [0.25, 0.3) is 0 Å². The first-order valence-corrected chi connectivity index (χ1v) is 9.11. The number of terminal acetylenes is 1. The Balaban J connectivity index is 1.65. The lowest BCUT2D eigenvalue weighted by Crippen LogP contribution is -2.23. The summed E-state index contributed by atoms with van der Waals surface area (Å²) in [5.74, 6) is 1.63. The Hall–Kier alpha value is -3.15. The van der Waals surface area contributed by atoms with E-state index in [0.717, 1.165) is 5.65 Å². The number of benzene rings is 1. The van der Waals surface area contributed by atoms with E-state index in [1.807, 2.05) is 28.8 Å². The molecule has 0 radical (unpaired) electrons. The molecule has 1 N–H and O–H groups in total. The molecule has 0 spiro atoms. The second kappa shape index (κ2) is 7.39. The number of sulfonamides is 1. The van der Waals surface area contributed by atoms with Crippen molar-refractivity contribution in [1.29, 1.82) is 0 Å². The minimum Gasteiger partial charge on any atom is -0.456 e. The van der Waals surface area contributed by atoms with Crippen molar-refractivity contribution in [3.8, 4) is 12.3 Å². The normalized spacial score (nSPS) is 11.2. The fourth-order valence-corrected chi connectivity index (χ4v) is 3.20. The quantitative estimate of drug-likeness (QED) is 0.527. The summed E-state index contributed by atoms with van der Waals surface area (Å²) < 4.78 is 33.2. The monoisotopic (exact) mass is 369 g/mol. The predicted molar refractivity (Wildman–Crippen MR) is 94.8 cm³/mol. The zero-order chi connectivity index (χ0) is 18.6. The third-order valence-electron chi connectivity index (χ3n) is 3.53. The molecular weight excluding hydrogens is 354 g/mol. The number of nitrogens with one attached hydrogen (secondary N) is 1. The maximum atomic E-state index is 12.1. The number of ether oxygens (including phenoxy) is 1. The number of rotatable bonds is 6. The van der Waals surface area contributed by atoms with E-state index >= 15 is 0 Å². The maximum Gasteiger partial charge on any atom is 0.338 e. The minimum absolute atomic E-state index is 0.0181. The average molecular weight is 369 g/mol. The van der Waals surface area contributed by atoms with Crippen LogP contribution in [-0.2, 0) is 21.4 Å². The Morgan fingerprint density at radius 1 is 1.23 bits per heavy atom. The van der Waals surface area contributed by atoms with Gasteiger partial charge in [-0.15, -0.1) is 6.42 Å². The van der Waals surface area contributed by atoms with Gasteiger partial charge in [0.05, 0.1) is 22.7 Å². The number of hydrogen-bond donors (Lipinski definition) is 1. The van der Waals surface area contributed by atoms with Gasteiger partial charge >= 0.3 is 5.97 Å². The molecule has 0 amide bonds. The highest BCUT2D eigenvalue weighted by atomic mass is 32.2. The van der Waals surface area contributed by atoms with Crippen LogP contribution in [0, 0.1) is 12.3 Å². The summed E-state index contributed by atoms with van der Waals surface area (Å²) in [6.07, 6.45) is 8.66. The third-order valence-corrected chi connectivity index (χ3v) is 4.95. The number of nitrogens with zero attached hydrogens (tertiary/aromatic N) is 2. The van der Waals surface area contributed by atoms with Gasteiger partial charge in [0, 0.05) is 12.4 Å². The lowest BCUT2D eigenvalue weighted by atomic mass is 10.2. The lowest BCUT2D eigenvalue weighted by Gasteiger charge is -2.06. The Morgan fingerprint density at radius 3 is 2.69 bits per heavy atom. The highest BCUT2D eigenvalue weighted by Gasteiger charge is 2.15. The number of esters is 1. The first-order valence-electron chi connectivity index (χ1n) is 7.62. The topological polar surface area (TPSA) is 89.8 Å². The van der Waals surface area contributed by atoms with Crippen LogP contribution >= 0.6 is 0 Å². The summed E-state index contributed by atoms with van der Waals surface area (Å²) in [4.78, 5) is 16.5. The fraction of sp³-hybridized carbons (Fsp3) is 0.111. The number of aromatic nitrogens is 2. The van der Waals surface area contributed by atoms with Gasteiger partial charge in [-0.2, -0.15) is 4.72 Å². The molecule has 132 valence electrons. The Kier molecular flexibility index (Phi) is 5.02. The van der Waals surface area contributed by atoms with Gasteiger partial charge in [0.15, 0.2) is 0 Å². The molecular formula is C18H15N3O4S. The summed E-state index contributed by atoms with van der Waals surface area (Å²) in [7, 11) is -3.69. The summed E-state index contributed by atoms with van der Waals surface area (Å²) in [6.45, 7) is -0.0879. The first-order chi connectivity index (χ1) is 12.5. The van der Waals surface area contributed by atoms with E-state index in [2.05, 4.69) is 15.6 Å². The number of imidazole rings is 1. The summed E-state index contributed by atoms with van der Waals surface area (Å²) in [6, 6.07) is 11.0. The molecule has 1 aromatic carbocycles. The average Bonchev–Trinajstić information content (AvgIpc) is 3.07. The van der Waals surface area contributed by atoms with Crippen molar-refractivity contribution >= 4 is 21.6 Å². The lowest BCUT2D eigenvalue weighted by molar-refractivity contribution is 0.0468. The van der Waals surface area contributed by atoms with Gasteiger partial charge in [-0.25, -0.2) is 18.2 Å². The van der Waals surface area contributed by atoms with Crippen molar-refractivity contribution in [2.24, 2.45) is 0 Å². The van der Waals surface area contributed by atoms with Gasteiger partial charge in [-0.1, -0.05) is 12.0 Å². The van der Waals surface area contributed by atoms with Crippen molar-refractivity contribution in [2.45, 2.75) is 11.5 Å². The van der Waals surface area contributed by atoms with E-state index in [1.165, 1.54) is 24.3 Å². The number of pyridine rings is 1. The van der Waals surface area contributed by atoms with Crippen molar-refractivity contribution in [3.63, 3.8) is 0 Å². The van der Waals surface area contributed by atoms with E-state index in [1.54, 1.807) is 6.20 Å². The summed E-state index contributed by atoms with van der Waals surface area (Å²) >= 11 is 0. The SMILES string of the molecule is C#CCNS(=O)(=O)c1ccc(C(=O)OCc2cn3ccccc3n2)cc1. The molecule has 3 aromatic rings. The van der Waals surface area contributed by atoms with Crippen LogP contribution < -0.4 is 4.72 Å². The van der Waals surface area contributed by atoms with Crippen LogP contribution in [0.25, 0.3) is 5.65 Å². The molecule has 0 bridgehead atoms. The second-order valence-corrected chi connectivity index (χ2v) is 7.09. The van der Waals surface area contributed by atoms with Crippen LogP contribution in [-0.4, -0.2) is 30.3 Å². The zero-order valence-electron chi connectivity index (χ0n) is 13.6. The van der Waals surface area contributed by atoms with Gasteiger partial charge in [-0.3, -0.25) is 0 Å². The molecule has 0 saturated carbocycles. The highest BCUT2D eigenvalue weighted by Crippen LogP contribution is 2.12. The van der Waals surface area contributed by atoms with Gasteiger partial charge < -0.3 is 9.14 Å². The largest absolute Gasteiger partial charge is 0.456 e. The first kappa shape index (κ1) is 17.7. The molecule has 2 heterocycles. The number of fused-ring (bicyclic) bond motifs is 1. The zero-order valence-corrected chi connectivity index (χ0v) is 14.4. The smallest absolute Gasteiger partial charge is 0.338 e. The van der Waals surface area contributed by atoms with Crippen LogP contribution in [0.4, 0.5) is 0 Å². The molecule has 0 aliphatic rings. The van der Waals surface area contributed by atoms with E-state index < -0.39 is 16.0 Å².